The first-order valence-corrected chi connectivity index (χ1v) is 5.70. The molecule has 0 bridgehead atoms. The van der Waals surface area contributed by atoms with E-state index in [9.17, 15) is 4.79 Å². The van der Waals surface area contributed by atoms with E-state index in [1.165, 1.54) is 0 Å². The van der Waals surface area contributed by atoms with Crippen LogP contribution in [0.15, 0.2) is 54.6 Å². The fourth-order valence-electron chi connectivity index (χ4n) is 2.18. The van der Waals surface area contributed by atoms with Crippen molar-refractivity contribution in [3.63, 3.8) is 0 Å². The van der Waals surface area contributed by atoms with Gasteiger partial charge in [-0.1, -0.05) is 48.5 Å². The number of fused-ring (bicyclic) bond motifs is 2. The van der Waals surface area contributed by atoms with Gasteiger partial charge in [-0.25, -0.2) is 0 Å². The van der Waals surface area contributed by atoms with Gasteiger partial charge in [0.2, 0.25) is 0 Å². The second kappa shape index (κ2) is 5.43. The van der Waals surface area contributed by atoms with Crippen molar-refractivity contribution in [2.75, 3.05) is 7.11 Å². The van der Waals surface area contributed by atoms with E-state index in [1.54, 1.807) is 0 Å². The van der Waals surface area contributed by atoms with Crippen molar-refractivity contribution >= 4 is 27.8 Å². The molecule has 0 fully saturated rings. The Morgan fingerprint density at radius 1 is 0.833 bits per heavy atom. The van der Waals surface area contributed by atoms with Crippen molar-refractivity contribution in [2.45, 2.75) is 0 Å². The molecule has 3 aromatic carbocycles. The number of hydrogen-bond donors (Lipinski definition) is 1. The van der Waals surface area contributed by atoms with Gasteiger partial charge in [0.05, 0.1) is 0 Å². The van der Waals surface area contributed by atoms with Crippen LogP contribution >= 0.6 is 0 Å². The van der Waals surface area contributed by atoms with Crippen LogP contribution in [0.2, 0.25) is 0 Å². The third-order valence-electron chi connectivity index (χ3n) is 2.93. The SMILES string of the molecule is CO.O=Cc1c2ccccc2cc2ccccc12. The molecule has 3 aromatic rings. The lowest BCUT2D eigenvalue weighted by molar-refractivity contribution is 0.112. The molecular formula is C16H14O2. The van der Waals surface area contributed by atoms with Crippen LogP contribution in [0, 0.1) is 0 Å². The van der Waals surface area contributed by atoms with E-state index in [4.69, 9.17) is 5.11 Å². The summed E-state index contributed by atoms with van der Waals surface area (Å²) >= 11 is 0. The fraction of sp³-hybridized carbons (Fsp3) is 0.0625. The summed E-state index contributed by atoms with van der Waals surface area (Å²) in [4.78, 5) is 11.2. The highest BCUT2D eigenvalue weighted by molar-refractivity contribution is 6.12. The predicted molar refractivity (Wildman–Crippen MR) is 75.0 cm³/mol. The molecule has 0 aliphatic heterocycles. The minimum Gasteiger partial charge on any atom is -0.400 e. The Bertz CT molecular complexity index is 633. The maximum Gasteiger partial charge on any atom is 0.151 e. The van der Waals surface area contributed by atoms with E-state index >= 15 is 0 Å². The first-order valence-electron chi connectivity index (χ1n) is 5.70. The molecule has 0 heterocycles. The molecule has 0 aromatic heterocycles. The predicted octanol–water partition coefficient (Wildman–Crippen LogP) is 3.41. The lowest BCUT2D eigenvalue weighted by Crippen LogP contribution is -1.86. The summed E-state index contributed by atoms with van der Waals surface area (Å²) in [5, 5.41) is 11.3. The van der Waals surface area contributed by atoms with Crippen LogP contribution in [0.1, 0.15) is 10.4 Å². The second-order valence-electron chi connectivity index (χ2n) is 3.85. The molecule has 0 aliphatic rings. The summed E-state index contributed by atoms with van der Waals surface area (Å²) in [7, 11) is 1.00. The number of carbonyl (C=O) groups excluding carboxylic acids is 1. The van der Waals surface area contributed by atoms with Crippen molar-refractivity contribution < 1.29 is 9.90 Å². The van der Waals surface area contributed by atoms with Crippen LogP contribution in [0.4, 0.5) is 0 Å². The third kappa shape index (κ3) is 1.98. The van der Waals surface area contributed by atoms with Gasteiger partial charge in [-0.3, -0.25) is 4.79 Å². The number of aliphatic hydroxyl groups is 1. The Labute approximate surface area is 105 Å². The Morgan fingerprint density at radius 2 is 1.28 bits per heavy atom. The summed E-state index contributed by atoms with van der Waals surface area (Å²) in [6, 6.07) is 18.1. The molecule has 18 heavy (non-hydrogen) atoms. The number of aldehydes is 1. The van der Waals surface area contributed by atoms with Gasteiger partial charge in [-0.15, -0.1) is 0 Å². The molecule has 0 atom stereocenters. The minimum absolute atomic E-state index is 0.786. The fourth-order valence-corrected chi connectivity index (χ4v) is 2.18. The Balaban J connectivity index is 0.000000574. The molecule has 0 spiro atoms. The second-order valence-corrected chi connectivity index (χ2v) is 3.85. The van der Waals surface area contributed by atoms with E-state index in [0.29, 0.717) is 0 Å². The monoisotopic (exact) mass is 238 g/mol. The molecule has 1 N–H and O–H groups in total. The van der Waals surface area contributed by atoms with Gasteiger partial charge in [0.25, 0.3) is 0 Å². The largest absolute Gasteiger partial charge is 0.400 e. The number of aliphatic hydroxyl groups excluding tert-OH is 1. The molecule has 3 rings (SSSR count). The van der Waals surface area contributed by atoms with Crippen LogP contribution in [0.3, 0.4) is 0 Å². The standard InChI is InChI=1S/C15H10O.CH4O/c16-10-15-13-7-3-1-5-11(13)9-12-6-2-4-8-14(12)15;1-2/h1-10H;2H,1H3. The van der Waals surface area contributed by atoms with E-state index < -0.39 is 0 Å². The van der Waals surface area contributed by atoms with E-state index in [-0.39, 0.29) is 0 Å². The van der Waals surface area contributed by atoms with Gasteiger partial charge >= 0.3 is 0 Å². The highest BCUT2D eigenvalue weighted by Gasteiger charge is 2.05. The number of hydrogen-bond acceptors (Lipinski definition) is 2. The molecule has 0 saturated heterocycles. The normalized spacial score (nSPS) is 9.89. The lowest BCUT2D eigenvalue weighted by Gasteiger charge is -2.05. The van der Waals surface area contributed by atoms with Gasteiger partial charge in [0, 0.05) is 12.7 Å². The van der Waals surface area contributed by atoms with Crippen LogP contribution in [-0.4, -0.2) is 18.5 Å². The van der Waals surface area contributed by atoms with Crippen molar-refractivity contribution in [1.29, 1.82) is 0 Å². The first kappa shape index (κ1) is 12.3. The van der Waals surface area contributed by atoms with Crippen molar-refractivity contribution in [3.05, 3.63) is 60.2 Å². The number of rotatable bonds is 1. The van der Waals surface area contributed by atoms with E-state index in [2.05, 4.69) is 6.07 Å². The van der Waals surface area contributed by atoms with Crippen molar-refractivity contribution in [3.8, 4) is 0 Å². The third-order valence-corrected chi connectivity index (χ3v) is 2.93. The zero-order chi connectivity index (χ0) is 13.0. The van der Waals surface area contributed by atoms with Crippen LogP contribution < -0.4 is 0 Å². The number of benzene rings is 3. The van der Waals surface area contributed by atoms with Gasteiger partial charge in [-0.2, -0.15) is 0 Å². The topological polar surface area (TPSA) is 37.3 Å². The maximum atomic E-state index is 11.2. The Morgan fingerprint density at radius 3 is 1.72 bits per heavy atom. The summed E-state index contributed by atoms with van der Waals surface area (Å²) in [6.45, 7) is 0. The van der Waals surface area contributed by atoms with Gasteiger partial charge in [0.1, 0.15) is 0 Å². The first-order chi connectivity index (χ1) is 8.90. The summed E-state index contributed by atoms with van der Waals surface area (Å²) in [5.74, 6) is 0. The summed E-state index contributed by atoms with van der Waals surface area (Å²) < 4.78 is 0. The molecular weight excluding hydrogens is 224 g/mol. The molecule has 90 valence electrons. The molecule has 0 saturated carbocycles. The molecule has 0 amide bonds. The lowest BCUT2D eigenvalue weighted by atomic mass is 9.98. The smallest absolute Gasteiger partial charge is 0.151 e. The molecule has 2 nitrogen and oxygen atoms in total. The number of carbonyl (C=O) groups is 1. The highest BCUT2D eigenvalue weighted by Crippen LogP contribution is 2.26. The van der Waals surface area contributed by atoms with E-state index in [1.807, 2.05) is 48.5 Å². The summed E-state index contributed by atoms with van der Waals surface area (Å²) in [5.41, 5.74) is 0.786. The molecule has 0 radical (unpaired) electrons. The van der Waals surface area contributed by atoms with Crippen LogP contribution in [-0.2, 0) is 0 Å². The average molecular weight is 238 g/mol. The molecule has 0 unspecified atom stereocenters. The Kier molecular flexibility index (Phi) is 3.70. The zero-order valence-electron chi connectivity index (χ0n) is 10.1. The molecule has 2 heteroatoms. The van der Waals surface area contributed by atoms with E-state index in [0.717, 1.165) is 40.5 Å². The van der Waals surface area contributed by atoms with Crippen LogP contribution in [0.5, 0.6) is 0 Å². The van der Waals surface area contributed by atoms with Gasteiger partial charge in [-0.05, 0) is 27.6 Å². The van der Waals surface area contributed by atoms with Gasteiger partial charge in [0.15, 0.2) is 6.29 Å². The average Bonchev–Trinajstić information content (AvgIpc) is 2.46. The molecule has 0 aliphatic carbocycles. The minimum atomic E-state index is 0.786. The quantitative estimate of drug-likeness (QED) is 0.521. The van der Waals surface area contributed by atoms with Crippen molar-refractivity contribution in [2.24, 2.45) is 0 Å². The zero-order valence-corrected chi connectivity index (χ0v) is 10.1. The van der Waals surface area contributed by atoms with Crippen LogP contribution in [0.25, 0.3) is 21.5 Å². The maximum absolute atomic E-state index is 11.2. The Hall–Kier alpha value is -2.19. The highest BCUT2D eigenvalue weighted by atomic mass is 16.2. The summed E-state index contributed by atoms with van der Waals surface area (Å²) in [6.07, 6.45) is 0.949. The van der Waals surface area contributed by atoms with Gasteiger partial charge < -0.3 is 5.11 Å². The van der Waals surface area contributed by atoms with Crippen molar-refractivity contribution in [1.82, 2.24) is 0 Å².